The molecule has 3 heteroatoms. The molecule has 27 heavy (non-hydrogen) atoms. The largest absolute Gasteiger partial charge is 0.481 e. The number of carbonyl (C=O) groups is 1. The SMILES string of the molecule is CC[C@@H](Oc1ccc2ccccc2c1)C(=O)Nc1c(C)cccc1C(C)C. The van der Waals surface area contributed by atoms with Gasteiger partial charge in [-0.3, -0.25) is 4.79 Å². The first-order valence-corrected chi connectivity index (χ1v) is 9.55. The molecular weight excluding hydrogens is 334 g/mol. The summed E-state index contributed by atoms with van der Waals surface area (Å²) >= 11 is 0. The second kappa shape index (κ2) is 8.26. The van der Waals surface area contributed by atoms with Crippen LogP contribution in [0.4, 0.5) is 5.69 Å². The molecule has 0 saturated heterocycles. The lowest BCUT2D eigenvalue weighted by Crippen LogP contribution is -2.33. The van der Waals surface area contributed by atoms with E-state index in [4.69, 9.17) is 4.74 Å². The zero-order valence-corrected chi connectivity index (χ0v) is 16.5. The van der Waals surface area contributed by atoms with Crippen molar-refractivity contribution in [1.82, 2.24) is 0 Å². The van der Waals surface area contributed by atoms with Crippen LogP contribution in [0.5, 0.6) is 5.75 Å². The maximum atomic E-state index is 12.9. The monoisotopic (exact) mass is 361 g/mol. The molecule has 0 bridgehead atoms. The van der Waals surface area contributed by atoms with E-state index in [1.165, 1.54) is 0 Å². The molecule has 0 unspecified atom stereocenters. The van der Waals surface area contributed by atoms with Gasteiger partial charge in [-0.2, -0.15) is 0 Å². The molecule has 0 aliphatic heterocycles. The lowest BCUT2D eigenvalue weighted by atomic mass is 9.98. The molecule has 140 valence electrons. The van der Waals surface area contributed by atoms with E-state index >= 15 is 0 Å². The predicted octanol–water partition coefficient (Wildman–Crippen LogP) is 6.07. The van der Waals surface area contributed by atoms with Gasteiger partial charge in [-0.15, -0.1) is 0 Å². The number of fused-ring (bicyclic) bond motifs is 1. The molecule has 0 saturated carbocycles. The highest BCUT2D eigenvalue weighted by molar-refractivity contribution is 5.96. The van der Waals surface area contributed by atoms with E-state index in [0.29, 0.717) is 18.1 Å². The number of nitrogens with one attached hydrogen (secondary N) is 1. The predicted molar refractivity (Wildman–Crippen MR) is 113 cm³/mol. The van der Waals surface area contributed by atoms with E-state index in [2.05, 4.69) is 31.3 Å². The van der Waals surface area contributed by atoms with Gasteiger partial charge in [0.25, 0.3) is 5.91 Å². The zero-order valence-electron chi connectivity index (χ0n) is 16.5. The van der Waals surface area contributed by atoms with Crippen LogP contribution in [0.2, 0.25) is 0 Å². The van der Waals surface area contributed by atoms with E-state index in [1.54, 1.807) is 0 Å². The van der Waals surface area contributed by atoms with Crippen molar-refractivity contribution in [1.29, 1.82) is 0 Å². The highest BCUT2D eigenvalue weighted by Crippen LogP contribution is 2.28. The fourth-order valence-corrected chi connectivity index (χ4v) is 3.27. The Hall–Kier alpha value is -2.81. The van der Waals surface area contributed by atoms with Gasteiger partial charge in [0.05, 0.1) is 0 Å². The summed E-state index contributed by atoms with van der Waals surface area (Å²) in [7, 11) is 0. The van der Waals surface area contributed by atoms with Gasteiger partial charge >= 0.3 is 0 Å². The Kier molecular flexibility index (Phi) is 5.80. The highest BCUT2D eigenvalue weighted by atomic mass is 16.5. The van der Waals surface area contributed by atoms with Gasteiger partial charge in [-0.05, 0) is 53.3 Å². The quantitative estimate of drug-likeness (QED) is 0.579. The van der Waals surface area contributed by atoms with Crippen LogP contribution in [0.25, 0.3) is 10.8 Å². The Morgan fingerprint density at radius 3 is 2.44 bits per heavy atom. The molecule has 3 aromatic carbocycles. The molecular formula is C24H27NO2. The normalized spacial score (nSPS) is 12.2. The number of aryl methyl sites for hydroxylation is 1. The fourth-order valence-electron chi connectivity index (χ4n) is 3.27. The third-order valence-electron chi connectivity index (χ3n) is 4.84. The smallest absolute Gasteiger partial charge is 0.265 e. The summed E-state index contributed by atoms with van der Waals surface area (Å²) in [5.74, 6) is 0.938. The van der Waals surface area contributed by atoms with Crippen molar-refractivity contribution in [3.05, 3.63) is 71.8 Å². The van der Waals surface area contributed by atoms with Crippen LogP contribution >= 0.6 is 0 Å². The van der Waals surface area contributed by atoms with Gasteiger partial charge in [-0.25, -0.2) is 0 Å². The Morgan fingerprint density at radius 2 is 1.74 bits per heavy atom. The van der Waals surface area contributed by atoms with Crippen molar-refractivity contribution in [3.63, 3.8) is 0 Å². The maximum absolute atomic E-state index is 12.9. The Bertz CT molecular complexity index is 946. The van der Waals surface area contributed by atoms with Gasteiger partial charge in [0.15, 0.2) is 6.10 Å². The summed E-state index contributed by atoms with van der Waals surface area (Å²) < 4.78 is 6.03. The summed E-state index contributed by atoms with van der Waals surface area (Å²) in [6.45, 7) is 8.25. The first-order valence-electron chi connectivity index (χ1n) is 9.55. The number of benzene rings is 3. The van der Waals surface area contributed by atoms with Crippen LogP contribution in [0, 0.1) is 6.92 Å². The van der Waals surface area contributed by atoms with Crippen LogP contribution in [0.3, 0.4) is 0 Å². The van der Waals surface area contributed by atoms with Crippen molar-refractivity contribution >= 4 is 22.4 Å². The van der Waals surface area contributed by atoms with Crippen molar-refractivity contribution in [2.24, 2.45) is 0 Å². The van der Waals surface area contributed by atoms with Gasteiger partial charge in [0, 0.05) is 5.69 Å². The molecule has 0 spiro atoms. The van der Waals surface area contributed by atoms with Crippen LogP contribution in [0.1, 0.15) is 44.2 Å². The van der Waals surface area contributed by atoms with Crippen molar-refractivity contribution in [2.45, 2.75) is 46.1 Å². The Morgan fingerprint density at radius 1 is 1.00 bits per heavy atom. The molecule has 0 aliphatic rings. The third kappa shape index (κ3) is 4.30. The number of para-hydroxylation sites is 1. The molecule has 0 fully saturated rings. The number of hydrogen-bond acceptors (Lipinski definition) is 2. The van der Waals surface area contributed by atoms with Crippen molar-refractivity contribution in [2.75, 3.05) is 5.32 Å². The lowest BCUT2D eigenvalue weighted by Gasteiger charge is -2.21. The Balaban J connectivity index is 1.80. The fraction of sp³-hybridized carbons (Fsp3) is 0.292. The molecule has 0 aliphatic carbocycles. The molecule has 3 rings (SSSR count). The van der Waals surface area contributed by atoms with Crippen LogP contribution in [0.15, 0.2) is 60.7 Å². The summed E-state index contributed by atoms with van der Waals surface area (Å²) in [5.41, 5.74) is 3.11. The number of hydrogen-bond donors (Lipinski definition) is 1. The summed E-state index contributed by atoms with van der Waals surface area (Å²) in [4.78, 5) is 12.9. The Labute approximate surface area is 161 Å². The van der Waals surface area contributed by atoms with E-state index in [-0.39, 0.29) is 5.91 Å². The minimum absolute atomic E-state index is 0.109. The van der Waals surface area contributed by atoms with Gasteiger partial charge < -0.3 is 10.1 Å². The number of amides is 1. The van der Waals surface area contributed by atoms with Gasteiger partial charge in [-0.1, -0.05) is 69.3 Å². The minimum Gasteiger partial charge on any atom is -0.481 e. The molecule has 1 amide bonds. The van der Waals surface area contributed by atoms with E-state index in [1.807, 2.05) is 62.4 Å². The second-order valence-electron chi connectivity index (χ2n) is 7.21. The van der Waals surface area contributed by atoms with E-state index in [0.717, 1.165) is 27.6 Å². The second-order valence-corrected chi connectivity index (χ2v) is 7.21. The summed E-state index contributed by atoms with van der Waals surface area (Å²) in [6.07, 6.45) is 0.0624. The first-order chi connectivity index (χ1) is 13.0. The topological polar surface area (TPSA) is 38.3 Å². The molecule has 0 heterocycles. The average molecular weight is 361 g/mol. The maximum Gasteiger partial charge on any atom is 0.265 e. The number of ether oxygens (including phenoxy) is 1. The summed E-state index contributed by atoms with van der Waals surface area (Å²) in [6, 6.07) is 20.2. The van der Waals surface area contributed by atoms with Gasteiger partial charge in [0.1, 0.15) is 5.75 Å². The number of anilines is 1. The standard InChI is InChI=1S/C24H27NO2/c1-5-22(27-20-14-13-18-10-6-7-11-19(18)15-20)24(26)25-23-17(4)9-8-12-21(23)16(2)3/h6-16,22H,5H2,1-4H3,(H,25,26)/t22-/m1/s1. The molecule has 3 aromatic rings. The van der Waals surface area contributed by atoms with Crippen LogP contribution in [-0.4, -0.2) is 12.0 Å². The third-order valence-corrected chi connectivity index (χ3v) is 4.84. The minimum atomic E-state index is -0.536. The van der Waals surface area contributed by atoms with E-state index < -0.39 is 6.10 Å². The number of carbonyl (C=O) groups excluding carboxylic acids is 1. The first kappa shape index (κ1) is 19.0. The molecule has 0 aromatic heterocycles. The highest BCUT2D eigenvalue weighted by Gasteiger charge is 2.21. The van der Waals surface area contributed by atoms with Crippen molar-refractivity contribution in [3.8, 4) is 5.75 Å². The number of rotatable bonds is 6. The molecule has 3 nitrogen and oxygen atoms in total. The van der Waals surface area contributed by atoms with Crippen LogP contribution < -0.4 is 10.1 Å². The average Bonchev–Trinajstić information content (AvgIpc) is 2.67. The lowest BCUT2D eigenvalue weighted by molar-refractivity contribution is -0.122. The molecule has 0 radical (unpaired) electrons. The van der Waals surface area contributed by atoms with Crippen molar-refractivity contribution < 1.29 is 9.53 Å². The molecule has 1 atom stereocenters. The van der Waals surface area contributed by atoms with Crippen LogP contribution in [-0.2, 0) is 4.79 Å². The molecule has 1 N–H and O–H groups in total. The summed E-state index contributed by atoms with van der Waals surface area (Å²) in [5, 5.41) is 5.36. The van der Waals surface area contributed by atoms with Gasteiger partial charge in [0.2, 0.25) is 0 Å². The van der Waals surface area contributed by atoms with E-state index in [9.17, 15) is 4.79 Å². The zero-order chi connectivity index (χ0) is 19.4.